The third kappa shape index (κ3) is 4.44. The van der Waals surface area contributed by atoms with Crippen LogP contribution in [-0.2, 0) is 0 Å². The monoisotopic (exact) mass is 300 g/mol. The fourth-order valence-corrected chi connectivity index (χ4v) is 1.75. The molecule has 0 heterocycles. The van der Waals surface area contributed by atoms with Gasteiger partial charge in [-0.2, -0.15) is 0 Å². The van der Waals surface area contributed by atoms with E-state index in [9.17, 15) is 0 Å². The van der Waals surface area contributed by atoms with Crippen LogP contribution in [0.4, 0.5) is 0 Å². The first-order chi connectivity index (χ1) is 6.18. The van der Waals surface area contributed by atoms with E-state index in [-0.39, 0.29) is 0 Å². The third-order valence-corrected chi connectivity index (χ3v) is 1.99. The van der Waals surface area contributed by atoms with Crippen LogP contribution >= 0.6 is 31.9 Å². The first kappa shape index (κ1) is 10.7. The Bertz CT molecular complexity index is 319. The van der Waals surface area contributed by atoms with Gasteiger partial charge >= 0.3 is 0 Å². The lowest BCUT2D eigenvalue weighted by atomic mass is 10.1. The van der Waals surface area contributed by atoms with Crippen LogP contribution in [0.3, 0.4) is 0 Å². The van der Waals surface area contributed by atoms with E-state index >= 15 is 0 Å². The van der Waals surface area contributed by atoms with Crippen molar-refractivity contribution in [2.24, 2.45) is 0 Å². The van der Waals surface area contributed by atoms with Crippen molar-refractivity contribution in [3.63, 3.8) is 0 Å². The van der Waals surface area contributed by atoms with E-state index in [1.165, 1.54) is 11.1 Å². The van der Waals surface area contributed by atoms with Crippen LogP contribution < -0.4 is 0 Å². The number of allylic oxidation sites excluding steroid dienone is 2. The summed E-state index contributed by atoms with van der Waals surface area (Å²) < 4.78 is 0.963. The molecule has 0 N–H and O–H groups in total. The van der Waals surface area contributed by atoms with E-state index in [1.54, 1.807) is 0 Å². The maximum atomic E-state index is 3.33. The molecule has 1 aromatic carbocycles. The van der Waals surface area contributed by atoms with E-state index < -0.39 is 0 Å². The second kappa shape index (κ2) is 5.40. The van der Waals surface area contributed by atoms with Crippen molar-refractivity contribution >= 4 is 37.9 Å². The molecular weight excluding hydrogens is 292 g/mol. The van der Waals surface area contributed by atoms with Crippen LogP contribution in [0.15, 0.2) is 45.4 Å². The highest BCUT2D eigenvalue weighted by atomic mass is 79.9. The highest BCUT2D eigenvalue weighted by Crippen LogP contribution is 2.17. The number of hydrogen-bond acceptors (Lipinski definition) is 0. The highest BCUT2D eigenvalue weighted by Gasteiger charge is 1.88. The van der Waals surface area contributed by atoms with Crippen LogP contribution in [0.2, 0.25) is 0 Å². The van der Waals surface area contributed by atoms with Crippen molar-refractivity contribution in [2.45, 2.75) is 6.92 Å². The predicted molar refractivity (Wildman–Crippen MR) is 66.0 cm³/mol. The van der Waals surface area contributed by atoms with Crippen molar-refractivity contribution in [3.8, 4) is 0 Å². The Morgan fingerprint density at radius 2 is 1.77 bits per heavy atom. The normalized spacial score (nSPS) is 11.2. The summed E-state index contributed by atoms with van der Waals surface area (Å²) in [7, 11) is 0. The van der Waals surface area contributed by atoms with Crippen molar-refractivity contribution in [1.82, 2.24) is 0 Å². The minimum atomic E-state index is 0.963. The van der Waals surface area contributed by atoms with Gasteiger partial charge in [0.15, 0.2) is 0 Å². The lowest BCUT2D eigenvalue weighted by molar-refractivity contribution is 1.55. The van der Waals surface area contributed by atoms with E-state index in [1.807, 2.05) is 24.3 Å². The Morgan fingerprint density at radius 3 is 2.31 bits per heavy atom. The smallest absolute Gasteiger partial charge is 0.0606 e. The maximum absolute atomic E-state index is 3.33. The Morgan fingerprint density at radius 1 is 1.15 bits per heavy atom. The summed E-state index contributed by atoms with van der Waals surface area (Å²) in [5.74, 6) is 0. The summed E-state index contributed by atoms with van der Waals surface area (Å²) in [6.07, 6.45) is 4.15. The van der Waals surface area contributed by atoms with Gasteiger partial charge in [0, 0.05) is 0 Å². The SMILES string of the molecule is C/C(C=C(Br)Br)=C\c1ccccc1. The molecule has 0 atom stereocenters. The molecule has 0 saturated heterocycles. The zero-order valence-corrected chi connectivity index (χ0v) is 10.5. The molecule has 68 valence electrons. The first-order valence-corrected chi connectivity index (χ1v) is 5.53. The number of rotatable bonds is 2. The van der Waals surface area contributed by atoms with E-state index in [0.29, 0.717) is 0 Å². The van der Waals surface area contributed by atoms with Crippen LogP contribution in [0, 0.1) is 0 Å². The second-order valence-electron chi connectivity index (χ2n) is 2.73. The molecule has 1 rings (SSSR count). The van der Waals surface area contributed by atoms with Gasteiger partial charge in [0.25, 0.3) is 0 Å². The van der Waals surface area contributed by atoms with Crippen LogP contribution in [0.25, 0.3) is 6.08 Å². The molecule has 0 bridgehead atoms. The minimum Gasteiger partial charge on any atom is -0.0622 e. The van der Waals surface area contributed by atoms with Gasteiger partial charge in [-0.1, -0.05) is 36.4 Å². The summed E-state index contributed by atoms with van der Waals surface area (Å²) in [5.41, 5.74) is 2.42. The van der Waals surface area contributed by atoms with Gasteiger partial charge in [0.05, 0.1) is 3.39 Å². The van der Waals surface area contributed by atoms with E-state index in [0.717, 1.165) is 3.39 Å². The van der Waals surface area contributed by atoms with Crippen molar-refractivity contribution < 1.29 is 0 Å². The molecular formula is C11H10Br2. The predicted octanol–water partition coefficient (Wildman–Crippen LogP) is 4.72. The molecule has 0 aliphatic rings. The molecule has 0 aliphatic heterocycles. The number of benzene rings is 1. The summed E-state index contributed by atoms with van der Waals surface area (Å²) in [5, 5.41) is 0. The third-order valence-electron chi connectivity index (χ3n) is 1.53. The standard InChI is InChI=1S/C11H10Br2/c1-9(8-11(12)13)7-10-5-3-2-4-6-10/h2-8H,1H3/b9-7+. The molecule has 0 saturated carbocycles. The molecule has 0 radical (unpaired) electrons. The zero-order chi connectivity index (χ0) is 9.68. The topological polar surface area (TPSA) is 0 Å². The Hall–Kier alpha value is -0.340. The van der Waals surface area contributed by atoms with Gasteiger partial charge in [-0.05, 0) is 56.0 Å². The summed E-state index contributed by atoms with van der Waals surface area (Å²) in [6.45, 7) is 2.06. The maximum Gasteiger partial charge on any atom is 0.0606 e. The lowest BCUT2D eigenvalue weighted by Gasteiger charge is -1.94. The van der Waals surface area contributed by atoms with E-state index in [4.69, 9.17) is 0 Å². The van der Waals surface area contributed by atoms with Crippen LogP contribution in [-0.4, -0.2) is 0 Å². The zero-order valence-electron chi connectivity index (χ0n) is 7.30. The van der Waals surface area contributed by atoms with Gasteiger partial charge in [-0.3, -0.25) is 0 Å². The number of hydrogen-bond donors (Lipinski definition) is 0. The summed E-state index contributed by atoms with van der Waals surface area (Å²) in [4.78, 5) is 0. The van der Waals surface area contributed by atoms with Gasteiger partial charge in [-0.15, -0.1) is 0 Å². The Balaban J connectivity index is 2.83. The molecule has 13 heavy (non-hydrogen) atoms. The largest absolute Gasteiger partial charge is 0.0622 e. The molecule has 0 aromatic heterocycles. The fourth-order valence-electron chi connectivity index (χ4n) is 1.03. The molecule has 0 amide bonds. The molecule has 0 nitrogen and oxygen atoms in total. The van der Waals surface area contributed by atoms with Gasteiger partial charge < -0.3 is 0 Å². The number of halogens is 2. The second-order valence-corrected chi connectivity index (χ2v) is 5.51. The van der Waals surface area contributed by atoms with Gasteiger partial charge in [-0.25, -0.2) is 0 Å². The van der Waals surface area contributed by atoms with Crippen molar-refractivity contribution in [3.05, 3.63) is 50.9 Å². The average molecular weight is 302 g/mol. The first-order valence-electron chi connectivity index (χ1n) is 3.94. The van der Waals surface area contributed by atoms with Crippen LogP contribution in [0.1, 0.15) is 12.5 Å². The summed E-state index contributed by atoms with van der Waals surface area (Å²) >= 11 is 6.65. The summed E-state index contributed by atoms with van der Waals surface area (Å²) in [6, 6.07) is 10.2. The highest BCUT2D eigenvalue weighted by molar-refractivity contribution is 9.28. The van der Waals surface area contributed by atoms with Gasteiger partial charge in [0.2, 0.25) is 0 Å². The molecule has 0 spiro atoms. The van der Waals surface area contributed by atoms with E-state index in [2.05, 4.69) is 57.0 Å². The average Bonchev–Trinajstić information content (AvgIpc) is 2.04. The molecule has 1 aromatic rings. The molecule has 0 unspecified atom stereocenters. The van der Waals surface area contributed by atoms with Gasteiger partial charge in [0.1, 0.15) is 0 Å². The molecule has 0 aliphatic carbocycles. The minimum absolute atomic E-state index is 0.963. The van der Waals surface area contributed by atoms with Crippen molar-refractivity contribution in [2.75, 3.05) is 0 Å². The molecule has 0 fully saturated rings. The molecule has 2 heteroatoms. The van der Waals surface area contributed by atoms with Crippen molar-refractivity contribution in [1.29, 1.82) is 0 Å². The Labute approximate surface area is 95.6 Å². The Kier molecular flexibility index (Phi) is 4.46. The fraction of sp³-hybridized carbons (Fsp3) is 0.0909. The lowest BCUT2D eigenvalue weighted by Crippen LogP contribution is -1.72. The van der Waals surface area contributed by atoms with Crippen LogP contribution in [0.5, 0.6) is 0 Å². The quantitative estimate of drug-likeness (QED) is 0.693.